The second kappa shape index (κ2) is 11.6. The largest absolute Gasteiger partial charge is 0.448 e. The van der Waals surface area contributed by atoms with Crippen LogP contribution in [0.4, 0.5) is 4.79 Å². The summed E-state index contributed by atoms with van der Waals surface area (Å²) >= 11 is 9.38. The van der Waals surface area contributed by atoms with Crippen molar-refractivity contribution < 1.29 is 14.3 Å². The summed E-state index contributed by atoms with van der Waals surface area (Å²) in [4.78, 5) is 38.9. The highest BCUT2D eigenvalue weighted by atomic mass is 32.1. The number of hydrogen-bond acceptors (Lipinski definition) is 8. The summed E-state index contributed by atoms with van der Waals surface area (Å²) in [6.07, 6.45) is 2.51. The molecule has 0 bridgehead atoms. The number of aromatic nitrogens is 5. The molecular weight excluding hydrogens is 464 g/mol. The number of H-pyrrole nitrogens is 2. The molecule has 1 aromatic carbocycles. The van der Waals surface area contributed by atoms with E-state index in [2.05, 4.69) is 41.9 Å². The Morgan fingerprint density at radius 3 is 2.67 bits per heavy atom. The Bertz CT molecular complexity index is 1390. The van der Waals surface area contributed by atoms with E-state index in [0.717, 1.165) is 11.3 Å². The fraction of sp³-hybridized carbons (Fsp3) is 0.143. The van der Waals surface area contributed by atoms with Gasteiger partial charge in [-0.25, -0.2) is 14.8 Å². The average molecular weight is 483 g/mol. The van der Waals surface area contributed by atoms with Crippen molar-refractivity contribution in [3.8, 4) is 11.6 Å². The van der Waals surface area contributed by atoms with Gasteiger partial charge in [-0.15, -0.1) is 4.99 Å². The lowest BCUT2D eigenvalue weighted by molar-refractivity contribution is 0.164. The number of hydrogen-bond donors (Lipinski definition) is 2. The molecule has 1 amide bonds. The van der Waals surface area contributed by atoms with Gasteiger partial charge in [-0.05, 0) is 49.1 Å². The minimum atomic E-state index is -0.678. The van der Waals surface area contributed by atoms with Gasteiger partial charge in [0.1, 0.15) is 11.3 Å². The van der Waals surface area contributed by atoms with E-state index in [0.29, 0.717) is 35.0 Å². The van der Waals surface area contributed by atoms with E-state index >= 15 is 0 Å². The lowest BCUT2D eigenvalue weighted by Crippen LogP contribution is -2.15. The second-order valence-corrected chi connectivity index (χ2v) is 6.84. The van der Waals surface area contributed by atoms with Crippen LogP contribution in [-0.2, 0) is 11.3 Å². The lowest BCUT2D eigenvalue weighted by atomic mass is 10.3. The molecule has 0 atom stereocenters. The monoisotopic (exact) mass is 482 g/mol. The molecule has 3 heterocycles. The number of amides is 1. The van der Waals surface area contributed by atoms with Crippen molar-refractivity contribution in [2.75, 3.05) is 6.61 Å². The van der Waals surface area contributed by atoms with E-state index in [-0.39, 0.29) is 5.56 Å². The number of isothiocyanates is 1. The topological polar surface area (TPSA) is 127 Å². The number of imidazole rings is 1. The summed E-state index contributed by atoms with van der Waals surface area (Å²) in [5.74, 6) is 1.23. The molecule has 0 spiro atoms. The van der Waals surface area contributed by atoms with Crippen LogP contribution in [0.15, 0.2) is 64.8 Å². The number of ether oxygens (including phenoxy) is 2. The van der Waals surface area contributed by atoms with Crippen LogP contribution in [0.3, 0.4) is 0 Å². The summed E-state index contributed by atoms with van der Waals surface area (Å²) in [5, 5.41) is 1.89. The summed E-state index contributed by atoms with van der Waals surface area (Å²) in [6.45, 7) is 2.45. The number of thiocarbonyl (C=S) groups is 1. The fourth-order valence-electron chi connectivity index (χ4n) is 2.68. The number of aliphatic imine (C=N–C) groups is 1. The maximum Gasteiger partial charge on any atom is 0.442 e. The minimum absolute atomic E-state index is 0.279. The minimum Gasteiger partial charge on any atom is -0.448 e. The van der Waals surface area contributed by atoms with Gasteiger partial charge < -0.3 is 14.5 Å². The summed E-state index contributed by atoms with van der Waals surface area (Å²) in [7, 11) is 0. The van der Waals surface area contributed by atoms with Gasteiger partial charge >= 0.3 is 6.09 Å². The number of nitrogens with zero attached hydrogens (tertiary/aromatic N) is 4. The molecule has 10 nitrogen and oxygen atoms in total. The Morgan fingerprint density at radius 2 is 2.00 bits per heavy atom. The van der Waals surface area contributed by atoms with Crippen LogP contribution in [0.25, 0.3) is 11.2 Å². The van der Waals surface area contributed by atoms with E-state index < -0.39 is 6.09 Å². The molecule has 0 unspecified atom stereocenters. The van der Waals surface area contributed by atoms with Crippen molar-refractivity contribution in [1.29, 1.82) is 0 Å². The van der Waals surface area contributed by atoms with E-state index in [1.807, 2.05) is 41.6 Å². The highest BCUT2D eigenvalue weighted by Gasteiger charge is 2.09. The van der Waals surface area contributed by atoms with Gasteiger partial charge in [-0.3, -0.25) is 14.3 Å². The SMILES string of the molecule is CCOC(=O)N=C=S.O=c1[nH]c(=S)n(Cc2ccc(Oc3ccccc3)nc2)c2nc[nH]c12. The maximum absolute atomic E-state index is 11.8. The third kappa shape index (κ3) is 6.50. The zero-order chi connectivity index (χ0) is 23.6. The number of carbonyl (C=O) groups is 1. The molecule has 0 radical (unpaired) electrons. The van der Waals surface area contributed by atoms with Crippen molar-refractivity contribution in [1.82, 2.24) is 24.5 Å². The Balaban J connectivity index is 0.000000331. The molecule has 4 aromatic rings. The molecule has 12 heteroatoms. The molecule has 3 aromatic heterocycles. The first-order valence-electron chi connectivity index (χ1n) is 9.60. The standard InChI is InChI=1S/C17H13N5O2S.C4H5NO2S/c23-16-14-15(20-10-19-14)22(17(25)21-16)9-11-6-7-13(18-8-11)24-12-4-2-1-3-5-12;1-2-7-4(6)5-3-8/h1-8,10H,9H2,(H,19,20)(H,21,23,25);2H2,1H3. The highest BCUT2D eigenvalue weighted by molar-refractivity contribution is 7.78. The van der Waals surface area contributed by atoms with Crippen LogP contribution in [0.2, 0.25) is 0 Å². The van der Waals surface area contributed by atoms with Crippen molar-refractivity contribution in [3.63, 3.8) is 0 Å². The van der Waals surface area contributed by atoms with Crippen LogP contribution in [-0.4, -0.2) is 42.4 Å². The van der Waals surface area contributed by atoms with Crippen molar-refractivity contribution in [2.45, 2.75) is 13.5 Å². The molecule has 2 N–H and O–H groups in total. The first kappa shape index (κ1) is 23.7. The second-order valence-electron chi connectivity index (χ2n) is 6.27. The summed E-state index contributed by atoms with van der Waals surface area (Å²) < 4.78 is 12.1. The lowest BCUT2D eigenvalue weighted by Gasteiger charge is -2.09. The van der Waals surface area contributed by atoms with E-state index in [9.17, 15) is 9.59 Å². The molecule has 0 saturated carbocycles. The molecule has 0 saturated heterocycles. The average Bonchev–Trinajstić information content (AvgIpc) is 3.30. The number of fused-ring (bicyclic) bond motifs is 1. The van der Waals surface area contributed by atoms with Gasteiger partial charge in [-0.1, -0.05) is 24.3 Å². The molecular formula is C21H18N6O4S2. The zero-order valence-corrected chi connectivity index (χ0v) is 19.0. The molecule has 0 aliphatic rings. The molecule has 0 aliphatic heterocycles. The zero-order valence-electron chi connectivity index (χ0n) is 17.3. The number of aromatic amines is 2. The first-order valence-corrected chi connectivity index (χ1v) is 10.4. The van der Waals surface area contributed by atoms with Crippen molar-refractivity contribution in [3.05, 3.63) is 75.7 Å². The Hall–Kier alpha value is -3.99. The smallest absolute Gasteiger partial charge is 0.442 e. The van der Waals surface area contributed by atoms with E-state index in [1.165, 1.54) is 6.33 Å². The molecule has 0 aliphatic carbocycles. The van der Waals surface area contributed by atoms with Gasteiger partial charge in [0.2, 0.25) is 5.88 Å². The predicted octanol–water partition coefficient (Wildman–Crippen LogP) is 4.26. The molecule has 4 rings (SSSR count). The van der Waals surface area contributed by atoms with Crippen molar-refractivity contribution >= 4 is 46.9 Å². The molecule has 0 fully saturated rings. The van der Waals surface area contributed by atoms with Gasteiger partial charge in [0.05, 0.1) is 24.6 Å². The number of benzene rings is 1. The summed E-state index contributed by atoms with van der Waals surface area (Å²) in [5.41, 5.74) is 1.54. The number of carbonyl (C=O) groups excluding carboxylic acids is 1. The fourth-order valence-corrected chi connectivity index (χ4v) is 3.00. The van der Waals surface area contributed by atoms with E-state index in [4.69, 9.17) is 17.0 Å². The number of para-hydroxylation sites is 1. The Morgan fingerprint density at radius 1 is 1.21 bits per heavy atom. The third-order valence-electron chi connectivity index (χ3n) is 4.08. The molecule has 168 valence electrons. The van der Waals surface area contributed by atoms with Crippen LogP contribution >= 0.6 is 24.4 Å². The van der Waals surface area contributed by atoms with Crippen LogP contribution in [0.5, 0.6) is 11.6 Å². The van der Waals surface area contributed by atoms with Gasteiger partial charge in [-0.2, -0.15) is 0 Å². The van der Waals surface area contributed by atoms with Crippen LogP contribution in [0, 0.1) is 4.77 Å². The normalized spacial score (nSPS) is 9.97. The highest BCUT2D eigenvalue weighted by Crippen LogP contribution is 2.19. The number of rotatable bonds is 5. The van der Waals surface area contributed by atoms with Gasteiger partial charge in [0.15, 0.2) is 10.4 Å². The number of pyridine rings is 1. The quantitative estimate of drug-likeness (QED) is 0.319. The first-order chi connectivity index (χ1) is 16.0. The predicted molar refractivity (Wildman–Crippen MR) is 127 cm³/mol. The third-order valence-corrected chi connectivity index (χ3v) is 4.49. The Labute approximate surface area is 198 Å². The van der Waals surface area contributed by atoms with Crippen LogP contribution in [0.1, 0.15) is 12.5 Å². The van der Waals surface area contributed by atoms with Gasteiger partial charge in [0.25, 0.3) is 5.56 Å². The van der Waals surface area contributed by atoms with Crippen LogP contribution < -0.4 is 10.3 Å². The summed E-state index contributed by atoms with van der Waals surface area (Å²) in [6, 6.07) is 13.1. The Kier molecular flexibility index (Phi) is 8.30. The van der Waals surface area contributed by atoms with Gasteiger partial charge in [0, 0.05) is 12.3 Å². The molecule has 33 heavy (non-hydrogen) atoms. The van der Waals surface area contributed by atoms with Crippen molar-refractivity contribution in [2.24, 2.45) is 4.99 Å². The number of nitrogens with one attached hydrogen (secondary N) is 2. The van der Waals surface area contributed by atoms with E-state index in [1.54, 1.807) is 23.8 Å². The maximum atomic E-state index is 11.8.